The van der Waals surface area contributed by atoms with E-state index >= 15 is 8.78 Å². The molecule has 186 valence electrons. The van der Waals surface area contributed by atoms with Crippen LogP contribution in [0.3, 0.4) is 0 Å². The lowest BCUT2D eigenvalue weighted by Crippen LogP contribution is -2.45. The van der Waals surface area contributed by atoms with Crippen molar-refractivity contribution < 1.29 is 37.8 Å². The molecular formula is C22H29F2N3O6Si. The first-order valence-corrected chi connectivity index (χ1v) is 14.8. The SMILES string of the molecule is C[Si](C)(C)CCOCN1C(=O)CCC(c2c(F)cc(N3CC(NC(=O)O)CC3=O)cc2F)C1=O. The third-order valence-electron chi connectivity index (χ3n) is 5.91. The number of amides is 4. The van der Waals surface area contributed by atoms with Crippen LogP contribution in [0.25, 0.3) is 0 Å². The Morgan fingerprint density at radius 2 is 1.82 bits per heavy atom. The minimum Gasteiger partial charge on any atom is -0.465 e. The average molecular weight is 498 g/mol. The normalized spacial score (nSPS) is 21.4. The zero-order valence-corrected chi connectivity index (χ0v) is 20.4. The molecule has 2 aliphatic heterocycles. The average Bonchev–Trinajstić information content (AvgIpc) is 3.06. The van der Waals surface area contributed by atoms with Crippen molar-refractivity contribution in [3.63, 3.8) is 0 Å². The first kappa shape index (κ1) is 25.8. The molecule has 34 heavy (non-hydrogen) atoms. The molecule has 2 saturated heterocycles. The van der Waals surface area contributed by atoms with Crippen molar-refractivity contribution >= 4 is 37.6 Å². The molecule has 0 radical (unpaired) electrons. The van der Waals surface area contributed by atoms with Crippen molar-refractivity contribution in [3.8, 4) is 0 Å². The number of benzene rings is 1. The lowest BCUT2D eigenvalue weighted by Gasteiger charge is -2.31. The smallest absolute Gasteiger partial charge is 0.404 e. The van der Waals surface area contributed by atoms with Crippen LogP contribution in [0, 0.1) is 11.6 Å². The molecule has 12 heteroatoms. The molecule has 2 fully saturated rings. The third kappa shape index (κ3) is 5.97. The lowest BCUT2D eigenvalue weighted by atomic mass is 9.88. The number of imide groups is 1. The van der Waals surface area contributed by atoms with Gasteiger partial charge in [0.1, 0.15) is 18.4 Å². The highest BCUT2D eigenvalue weighted by molar-refractivity contribution is 6.76. The molecule has 0 saturated carbocycles. The molecule has 2 unspecified atom stereocenters. The molecule has 9 nitrogen and oxygen atoms in total. The summed E-state index contributed by atoms with van der Waals surface area (Å²) in [7, 11) is -1.37. The molecule has 0 aliphatic carbocycles. The van der Waals surface area contributed by atoms with Gasteiger partial charge >= 0.3 is 6.09 Å². The van der Waals surface area contributed by atoms with Crippen LogP contribution in [-0.4, -0.2) is 67.8 Å². The Labute approximate surface area is 197 Å². The first-order valence-electron chi connectivity index (χ1n) is 11.1. The summed E-state index contributed by atoms with van der Waals surface area (Å²) in [6.45, 7) is 6.55. The summed E-state index contributed by atoms with van der Waals surface area (Å²) in [5.74, 6) is -4.87. The molecule has 2 atom stereocenters. The predicted octanol–water partition coefficient (Wildman–Crippen LogP) is 2.88. The maximum Gasteiger partial charge on any atom is 0.404 e. The van der Waals surface area contributed by atoms with E-state index in [-0.39, 0.29) is 38.2 Å². The predicted molar refractivity (Wildman–Crippen MR) is 121 cm³/mol. The summed E-state index contributed by atoms with van der Waals surface area (Å²) in [4.78, 5) is 50.3. The number of carbonyl (C=O) groups is 4. The minimum atomic E-state index is -1.37. The van der Waals surface area contributed by atoms with E-state index in [1.54, 1.807) is 0 Å². The number of carboxylic acid groups (broad SMARTS) is 1. The lowest BCUT2D eigenvalue weighted by molar-refractivity contribution is -0.155. The van der Waals surface area contributed by atoms with Crippen LogP contribution in [-0.2, 0) is 19.1 Å². The van der Waals surface area contributed by atoms with Crippen molar-refractivity contribution in [3.05, 3.63) is 29.3 Å². The van der Waals surface area contributed by atoms with Crippen LogP contribution in [0.1, 0.15) is 30.7 Å². The molecule has 0 aromatic heterocycles. The van der Waals surface area contributed by atoms with Crippen molar-refractivity contribution in [1.82, 2.24) is 10.2 Å². The van der Waals surface area contributed by atoms with Gasteiger partial charge < -0.3 is 20.1 Å². The third-order valence-corrected chi connectivity index (χ3v) is 7.61. The Balaban J connectivity index is 1.75. The number of likely N-dealkylation sites (tertiary alicyclic amines) is 1. The Morgan fingerprint density at radius 3 is 2.41 bits per heavy atom. The van der Waals surface area contributed by atoms with Gasteiger partial charge in [0.2, 0.25) is 17.7 Å². The summed E-state index contributed by atoms with van der Waals surface area (Å²) in [5.41, 5.74) is -0.524. The van der Waals surface area contributed by atoms with E-state index in [0.29, 0.717) is 6.61 Å². The standard InChI is InChI=1S/C22H29F2N3O6Si/c1-34(2,3)7-6-33-12-27-18(28)5-4-15(21(27)30)20-16(23)9-14(10-17(20)24)26-11-13(8-19(26)29)25-22(31)32/h9-10,13,15,25H,4-8,11-12H2,1-3H3,(H,31,32). The molecule has 2 N–H and O–H groups in total. The van der Waals surface area contributed by atoms with E-state index in [9.17, 15) is 19.2 Å². The topological polar surface area (TPSA) is 116 Å². The van der Waals surface area contributed by atoms with E-state index in [0.717, 1.165) is 28.0 Å². The van der Waals surface area contributed by atoms with Crippen LogP contribution in [0.5, 0.6) is 0 Å². The van der Waals surface area contributed by atoms with Crippen LogP contribution in [0.4, 0.5) is 19.3 Å². The summed E-state index contributed by atoms with van der Waals surface area (Å²) >= 11 is 0. The number of hydrogen-bond acceptors (Lipinski definition) is 5. The Kier molecular flexibility index (Phi) is 7.71. The summed E-state index contributed by atoms with van der Waals surface area (Å²) < 4.78 is 35.6. The Bertz CT molecular complexity index is 976. The molecule has 3 rings (SSSR count). The molecule has 2 heterocycles. The molecular weight excluding hydrogens is 468 g/mol. The number of ether oxygens (including phenoxy) is 1. The van der Waals surface area contributed by atoms with Gasteiger partial charge in [0.15, 0.2) is 0 Å². The van der Waals surface area contributed by atoms with Gasteiger partial charge in [-0.3, -0.25) is 19.3 Å². The van der Waals surface area contributed by atoms with Gasteiger partial charge in [-0.25, -0.2) is 13.6 Å². The fraction of sp³-hybridized carbons (Fsp3) is 0.545. The monoisotopic (exact) mass is 497 g/mol. The van der Waals surface area contributed by atoms with Crippen molar-refractivity contribution in [2.75, 3.05) is 24.8 Å². The number of nitrogens with one attached hydrogen (secondary N) is 1. The van der Waals surface area contributed by atoms with Gasteiger partial charge in [0.05, 0.1) is 12.0 Å². The van der Waals surface area contributed by atoms with E-state index in [4.69, 9.17) is 9.84 Å². The van der Waals surface area contributed by atoms with Crippen molar-refractivity contribution in [1.29, 1.82) is 0 Å². The second-order valence-electron chi connectivity index (χ2n) is 9.78. The second kappa shape index (κ2) is 10.2. The highest BCUT2D eigenvalue weighted by Crippen LogP contribution is 2.35. The molecule has 1 aromatic carbocycles. The number of rotatable bonds is 8. The Morgan fingerprint density at radius 1 is 1.18 bits per heavy atom. The molecule has 4 amide bonds. The minimum absolute atomic E-state index is 0.0382. The van der Waals surface area contributed by atoms with Crippen LogP contribution < -0.4 is 10.2 Å². The molecule has 1 aromatic rings. The fourth-order valence-electron chi connectivity index (χ4n) is 4.06. The van der Waals surface area contributed by atoms with Gasteiger partial charge in [0.25, 0.3) is 0 Å². The largest absolute Gasteiger partial charge is 0.465 e. The van der Waals surface area contributed by atoms with Crippen LogP contribution in [0.15, 0.2) is 12.1 Å². The van der Waals surface area contributed by atoms with E-state index < -0.39 is 61.0 Å². The zero-order valence-electron chi connectivity index (χ0n) is 19.4. The highest BCUT2D eigenvalue weighted by atomic mass is 28.3. The van der Waals surface area contributed by atoms with E-state index in [1.165, 1.54) is 0 Å². The second-order valence-corrected chi connectivity index (χ2v) is 15.4. The maximum absolute atomic E-state index is 15.0. The zero-order chi connectivity index (χ0) is 25.2. The molecule has 0 bridgehead atoms. The maximum atomic E-state index is 15.0. The van der Waals surface area contributed by atoms with Gasteiger partial charge in [-0.2, -0.15) is 0 Å². The van der Waals surface area contributed by atoms with Gasteiger partial charge in [-0.15, -0.1) is 0 Å². The summed E-state index contributed by atoms with van der Waals surface area (Å²) in [5, 5.41) is 11.0. The van der Waals surface area contributed by atoms with Gasteiger partial charge in [-0.1, -0.05) is 19.6 Å². The number of carbonyl (C=O) groups excluding carboxylic acids is 3. The number of anilines is 1. The fourth-order valence-corrected chi connectivity index (χ4v) is 4.82. The summed E-state index contributed by atoms with van der Waals surface area (Å²) in [6, 6.07) is 2.06. The Hall–Kier alpha value is -2.86. The van der Waals surface area contributed by atoms with Gasteiger partial charge in [0, 0.05) is 45.3 Å². The number of nitrogens with zero attached hydrogens (tertiary/aromatic N) is 2. The molecule has 0 spiro atoms. The highest BCUT2D eigenvalue weighted by Gasteiger charge is 2.39. The van der Waals surface area contributed by atoms with E-state index in [1.807, 2.05) is 0 Å². The number of hydrogen-bond donors (Lipinski definition) is 2. The van der Waals surface area contributed by atoms with Crippen molar-refractivity contribution in [2.45, 2.75) is 56.9 Å². The molecule has 2 aliphatic rings. The van der Waals surface area contributed by atoms with Crippen molar-refractivity contribution in [2.24, 2.45) is 0 Å². The van der Waals surface area contributed by atoms with E-state index in [2.05, 4.69) is 25.0 Å². The number of halogens is 2. The first-order chi connectivity index (χ1) is 15.9. The van der Waals surface area contributed by atoms with Crippen LogP contribution in [0.2, 0.25) is 25.7 Å². The van der Waals surface area contributed by atoms with Crippen LogP contribution >= 0.6 is 0 Å². The number of piperidine rings is 1. The quantitative estimate of drug-likeness (QED) is 0.324. The summed E-state index contributed by atoms with van der Waals surface area (Å²) in [6.07, 6.45) is -1.52. The van der Waals surface area contributed by atoms with Gasteiger partial charge in [-0.05, 0) is 24.6 Å².